The maximum absolute atomic E-state index is 11.5. The summed E-state index contributed by atoms with van der Waals surface area (Å²) in [6.07, 6.45) is -0.505. The van der Waals surface area contributed by atoms with Gasteiger partial charge in [0.2, 0.25) is 0 Å². The number of hydrogen-bond donors (Lipinski definition) is 2. The van der Waals surface area contributed by atoms with Gasteiger partial charge in [-0.15, -0.1) is 0 Å². The third kappa shape index (κ3) is 4.86. The minimum absolute atomic E-state index is 0.223. The number of phenolic OH excluding ortho intramolecular Hbond substituents is 1. The lowest BCUT2D eigenvalue weighted by Gasteiger charge is -2.19. The second kappa shape index (κ2) is 5.59. The molecule has 0 atom stereocenters. The predicted molar refractivity (Wildman–Crippen MR) is 83.4 cm³/mol. The van der Waals surface area contributed by atoms with E-state index in [4.69, 9.17) is 4.74 Å². The molecule has 0 aliphatic rings. The van der Waals surface area contributed by atoms with E-state index in [0.29, 0.717) is 12.8 Å². The fourth-order valence-corrected chi connectivity index (χ4v) is 2.83. The zero-order valence-corrected chi connectivity index (χ0v) is 14.0. The van der Waals surface area contributed by atoms with E-state index in [-0.39, 0.29) is 5.75 Å². The lowest BCUT2D eigenvalue weighted by molar-refractivity contribution is 0.0636. The SMILES string of the molecule is CC(C)(C)OC(=O)Nc1cc(I)c(O)c(I)c1. The number of aromatic hydroxyl groups is 1. The lowest BCUT2D eigenvalue weighted by atomic mass is 10.2. The Labute approximate surface area is 127 Å². The van der Waals surface area contributed by atoms with Gasteiger partial charge >= 0.3 is 6.09 Å². The normalized spacial score (nSPS) is 11.1. The molecule has 0 radical (unpaired) electrons. The van der Waals surface area contributed by atoms with Crippen LogP contribution in [0.25, 0.3) is 0 Å². The van der Waals surface area contributed by atoms with Gasteiger partial charge in [-0.25, -0.2) is 4.79 Å². The van der Waals surface area contributed by atoms with Gasteiger partial charge in [-0.1, -0.05) is 0 Å². The van der Waals surface area contributed by atoms with Crippen molar-refractivity contribution in [2.24, 2.45) is 0 Å². The minimum atomic E-state index is -0.526. The van der Waals surface area contributed by atoms with Gasteiger partial charge < -0.3 is 9.84 Å². The van der Waals surface area contributed by atoms with E-state index in [1.165, 1.54) is 0 Å². The van der Waals surface area contributed by atoms with Crippen LogP contribution in [0.3, 0.4) is 0 Å². The molecule has 94 valence electrons. The Kier molecular flexibility index (Phi) is 4.87. The van der Waals surface area contributed by atoms with Crippen LogP contribution in [0.2, 0.25) is 0 Å². The van der Waals surface area contributed by atoms with Crippen molar-refractivity contribution in [3.8, 4) is 5.75 Å². The highest BCUT2D eigenvalue weighted by atomic mass is 127. The first-order valence-electron chi connectivity index (χ1n) is 4.87. The van der Waals surface area contributed by atoms with Crippen molar-refractivity contribution in [1.29, 1.82) is 0 Å². The average Bonchev–Trinajstić information content (AvgIpc) is 2.10. The molecule has 0 fully saturated rings. The third-order valence-electron chi connectivity index (χ3n) is 1.66. The molecule has 1 aromatic rings. The Hall–Kier alpha value is -0.250. The van der Waals surface area contributed by atoms with E-state index in [9.17, 15) is 9.90 Å². The van der Waals surface area contributed by atoms with Crippen LogP contribution in [-0.4, -0.2) is 16.8 Å². The summed E-state index contributed by atoms with van der Waals surface area (Å²) in [7, 11) is 0. The van der Waals surface area contributed by atoms with Gasteiger partial charge in [0.25, 0.3) is 0 Å². The van der Waals surface area contributed by atoms with Gasteiger partial charge in [0.05, 0.1) is 7.14 Å². The van der Waals surface area contributed by atoms with Crippen molar-refractivity contribution in [1.82, 2.24) is 0 Å². The molecule has 6 heteroatoms. The van der Waals surface area contributed by atoms with Crippen molar-refractivity contribution >= 4 is 57.0 Å². The van der Waals surface area contributed by atoms with Gasteiger partial charge in [-0.05, 0) is 78.1 Å². The number of rotatable bonds is 1. The smallest absolute Gasteiger partial charge is 0.412 e. The second-order valence-corrected chi connectivity index (χ2v) is 6.74. The molecule has 0 saturated carbocycles. The van der Waals surface area contributed by atoms with Gasteiger partial charge in [0, 0.05) is 5.69 Å². The Morgan fingerprint density at radius 3 is 2.18 bits per heavy atom. The molecular weight excluding hydrogens is 448 g/mol. The number of ether oxygens (including phenoxy) is 1. The number of phenols is 1. The molecule has 0 heterocycles. The van der Waals surface area contributed by atoms with Crippen LogP contribution in [0.15, 0.2) is 12.1 Å². The van der Waals surface area contributed by atoms with E-state index in [0.717, 1.165) is 0 Å². The molecule has 0 aromatic heterocycles. The molecule has 0 unspecified atom stereocenters. The molecule has 0 spiro atoms. The fourth-order valence-electron chi connectivity index (χ4n) is 1.06. The average molecular weight is 461 g/mol. The fraction of sp³-hybridized carbons (Fsp3) is 0.364. The Morgan fingerprint density at radius 1 is 1.29 bits per heavy atom. The number of halogens is 2. The van der Waals surface area contributed by atoms with E-state index in [1.54, 1.807) is 32.9 Å². The van der Waals surface area contributed by atoms with Crippen LogP contribution in [0, 0.1) is 7.14 Å². The summed E-state index contributed by atoms with van der Waals surface area (Å²) in [6, 6.07) is 3.37. The van der Waals surface area contributed by atoms with Crippen molar-refractivity contribution < 1.29 is 14.6 Å². The molecule has 1 amide bonds. The summed E-state index contributed by atoms with van der Waals surface area (Å²) in [5.74, 6) is 0.223. The van der Waals surface area contributed by atoms with Gasteiger partial charge in [-0.3, -0.25) is 5.32 Å². The maximum Gasteiger partial charge on any atom is 0.412 e. The van der Waals surface area contributed by atoms with Crippen LogP contribution in [-0.2, 0) is 4.74 Å². The zero-order chi connectivity index (χ0) is 13.2. The number of amides is 1. The number of hydrogen-bond acceptors (Lipinski definition) is 3. The number of carbonyl (C=O) groups is 1. The van der Waals surface area contributed by atoms with Crippen LogP contribution < -0.4 is 5.32 Å². The van der Waals surface area contributed by atoms with Crippen molar-refractivity contribution in [2.75, 3.05) is 5.32 Å². The molecule has 17 heavy (non-hydrogen) atoms. The lowest BCUT2D eigenvalue weighted by Crippen LogP contribution is -2.27. The zero-order valence-electron chi connectivity index (χ0n) is 9.67. The van der Waals surface area contributed by atoms with E-state index >= 15 is 0 Å². The third-order valence-corrected chi connectivity index (χ3v) is 3.31. The number of anilines is 1. The second-order valence-electron chi connectivity index (χ2n) is 4.42. The Balaban J connectivity index is 2.79. The first kappa shape index (κ1) is 14.8. The van der Waals surface area contributed by atoms with Crippen LogP contribution in [0.1, 0.15) is 20.8 Å². The quantitative estimate of drug-likeness (QED) is 0.493. The molecule has 0 aliphatic heterocycles. The van der Waals surface area contributed by atoms with Crippen molar-refractivity contribution in [3.05, 3.63) is 19.3 Å². The summed E-state index contributed by atoms with van der Waals surface area (Å²) in [5, 5.41) is 12.2. The molecular formula is C11H13I2NO3. The minimum Gasteiger partial charge on any atom is -0.506 e. The first-order valence-corrected chi connectivity index (χ1v) is 7.03. The summed E-state index contributed by atoms with van der Waals surface area (Å²) < 4.78 is 6.50. The largest absolute Gasteiger partial charge is 0.506 e. The van der Waals surface area contributed by atoms with Crippen molar-refractivity contribution in [3.63, 3.8) is 0 Å². The van der Waals surface area contributed by atoms with Gasteiger partial charge in [-0.2, -0.15) is 0 Å². The molecule has 0 bridgehead atoms. The predicted octanol–water partition coefficient (Wildman–Crippen LogP) is 3.95. The summed E-state index contributed by atoms with van der Waals surface area (Å²) in [6.45, 7) is 5.41. The number of carbonyl (C=O) groups excluding carboxylic acids is 1. The highest BCUT2D eigenvalue weighted by Gasteiger charge is 2.16. The van der Waals surface area contributed by atoms with E-state index < -0.39 is 11.7 Å². The maximum atomic E-state index is 11.5. The van der Waals surface area contributed by atoms with Crippen LogP contribution >= 0.6 is 45.2 Å². The molecule has 0 saturated heterocycles. The highest BCUT2D eigenvalue weighted by Crippen LogP contribution is 2.29. The topological polar surface area (TPSA) is 58.6 Å². The molecule has 4 nitrogen and oxygen atoms in total. The molecule has 0 aliphatic carbocycles. The van der Waals surface area contributed by atoms with Gasteiger partial charge in [0.1, 0.15) is 11.4 Å². The summed E-state index contributed by atoms with van der Waals surface area (Å²) in [4.78, 5) is 11.5. The molecule has 2 N–H and O–H groups in total. The monoisotopic (exact) mass is 461 g/mol. The number of nitrogens with one attached hydrogen (secondary N) is 1. The van der Waals surface area contributed by atoms with Gasteiger partial charge in [0.15, 0.2) is 0 Å². The number of benzene rings is 1. The van der Waals surface area contributed by atoms with Crippen LogP contribution in [0.5, 0.6) is 5.75 Å². The van der Waals surface area contributed by atoms with Crippen molar-refractivity contribution in [2.45, 2.75) is 26.4 Å². The van der Waals surface area contributed by atoms with E-state index in [1.807, 2.05) is 45.2 Å². The summed E-state index contributed by atoms with van der Waals surface area (Å²) >= 11 is 4.01. The molecule has 1 rings (SSSR count). The van der Waals surface area contributed by atoms with E-state index in [2.05, 4.69) is 5.32 Å². The van der Waals surface area contributed by atoms with Crippen LogP contribution in [0.4, 0.5) is 10.5 Å². The standard InChI is InChI=1S/C11H13I2NO3/c1-11(2,3)17-10(16)14-6-4-7(12)9(15)8(13)5-6/h4-5,15H,1-3H3,(H,14,16). The molecule has 1 aromatic carbocycles. The summed E-state index contributed by atoms with van der Waals surface area (Å²) in [5.41, 5.74) is 0.0762. The Bertz CT molecular complexity index is 418. The highest BCUT2D eigenvalue weighted by molar-refractivity contribution is 14.1. The first-order chi connectivity index (χ1) is 7.69. The Morgan fingerprint density at radius 2 is 1.76 bits per heavy atom.